The van der Waals surface area contributed by atoms with Crippen molar-refractivity contribution in [3.63, 3.8) is 0 Å². The summed E-state index contributed by atoms with van der Waals surface area (Å²) in [7, 11) is 0. The van der Waals surface area contributed by atoms with Crippen LogP contribution >= 0.6 is 0 Å². The fourth-order valence-corrected chi connectivity index (χ4v) is 6.87. The average molecular weight is 709 g/mol. The van der Waals surface area contributed by atoms with Gasteiger partial charge in [0.15, 0.2) is 0 Å². The summed E-state index contributed by atoms with van der Waals surface area (Å²) in [6.45, 7) is 0. The number of hydrogen-bond donors (Lipinski definition) is 2. The molecule has 3 heterocycles. The highest BCUT2D eigenvalue weighted by molar-refractivity contribution is 5.87. The van der Waals surface area contributed by atoms with Gasteiger partial charge in [0.2, 0.25) is 0 Å². The molecule has 0 aliphatic heterocycles. The van der Waals surface area contributed by atoms with E-state index < -0.39 is 0 Å². The van der Waals surface area contributed by atoms with E-state index in [2.05, 4.69) is 154 Å². The molecule has 0 spiro atoms. The van der Waals surface area contributed by atoms with Gasteiger partial charge in [0.1, 0.15) is 11.5 Å². The first kappa shape index (κ1) is 33.3. The minimum absolute atomic E-state index is 0.750. The molecule has 0 radical (unpaired) electrons. The quantitative estimate of drug-likeness (QED) is 0.148. The summed E-state index contributed by atoms with van der Waals surface area (Å²) in [5.41, 5.74) is 14.7. The van der Waals surface area contributed by atoms with Crippen molar-refractivity contribution in [3.8, 4) is 67.2 Å². The normalized spacial score (nSPS) is 10.9. The number of pyridine rings is 2. The Hall–Kier alpha value is -7.50. The van der Waals surface area contributed by atoms with Crippen LogP contribution in [0.4, 0.5) is 22.7 Å². The van der Waals surface area contributed by atoms with Crippen LogP contribution < -0.4 is 10.6 Å². The van der Waals surface area contributed by atoms with Gasteiger partial charge in [-0.25, -0.2) is 0 Å². The largest absolute Gasteiger partial charge is 0.456 e. The van der Waals surface area contributed by atoms with Gasteiger partial charge in [-0.3, -0.25) is 9.97 Å². The Kier molecular flexibility index (Phi) is 9.23. The highest BCUT2D eigenvalue weighted by Gasteiger charge is 2.17. The van der Waals surface area contributed by atoms with E-state index in [1.165, 1.54) is 22.3 Å². The molecule has 0 aliphatic carbocycles. The van der Waals surface area contributed by atoms with Crippen molar-refractivity contribution >= 4 is 22.7 Å². The van der Waals surface area contributed by atoms with Gasteiger partial charge in [0.05, 0.1) is 35.1 Å². The van der Waals surface area contributed by atoms with Crippen molar-refractivity contribution in [1.82, 2.24) is 9.97 Å². The standard InChI is InChI=1S/C50H36N4O/c1-3-9-35(10-4-1)37-15-19-39(20-16-37)41-23-25-45(47(31-41)53-43-13-7-29-51-33-43)49-27-28-50(55-49)46-26-24-42(32-48(46)54-44-14-8-30-52-34-44)40-21-17-38(18-22-40)36-11-5-2-6-12-36/h1-34,53-54H. The number of hydrogen-bond acceptors (Lipinski definition) is 5. The molecular weight excluding hydrogens is 673 g/mol. The van der Waals surface area contributed by atoms with E-state index in [-0.39, 0.29) is 0 Å². The molecule has 0 saturated carbocycles. The highest BCUT2D eigenvalue weighted by Crippen LogP contribution is 2.40. The summed E-state index contributed by atoms with van der Waals surface area (Å²) < 4.78 is 6.72. The molecule has 9 aromatic rings. The predicted octanol–water partition coefficient (Wildman–Crippen LogP) is 13.6. The number of nitrogens with one attached hydrogen (secondary N) is 2. The molecule has 0 amide bonds. The topological polar surface area (TPSA) is 63.0 Å². The lowest BCUT2D eigenvalue weighted by Crippen LogP contribution is -1.95. The van der Waals surface area contributed by atoms with Crippen LogP contribution in [0.15, 0.2) is 211 Å². The van der Waals surface area contributed by atoms with E-state index in [4.69, 9.17) is 4.42 Å². The highest BCUT2D eigenvalue weighted by atomic mass is 16.3. The second-order valence-electron chi connectivity index (χ2n) is 13.3. The second-order valence-corrected chi connectivity index (χ2v) is 13.3. The van der Waals surface area contributed by atoms with E-state index in [9.17, 15) is 0 Å². The lowest BCUT2D eigenvalue weighted by molar-refractivity contribution is 0.598. The van der Waals surface area contributed by atoms with Gasteiger partial charge in [0.25, 0.3) is 0 Å². The number of furan rings is 1. The van der Waals surface area contributed by atoms with Crippen molar-refractivity contribution in [2.75, 3.05) is 10.6 Å². The molecule has 9 rings (SSSR count). The molecule has 3 aromatic heterocycles. The Balaban J connectivity index is 1.06. The van der Waals surface area contributed by atoms with Crippen molar-refractivity contribution < 1.29 is 4.42 Å². The van der Waals surface area contributed by atoms with Gasteiger partial charge in [-0.15, -0.1) is 0 Å². The SMILES string of the molecule is c1ccc(-c2ccc(-c3ccc(-c4ccc(-c5ccc(-c6ccc(-c7ccccc7)cc6)cc5Nc5cccnc5)o4)c(Nc4cccnc4)c3)cc2)cc1. The van der Waals surface area contributed by atoms with E-state index in [0.29, 0.717) is 0 Å². The van der Waals surface area contributed by atoms with Gasteiger partial charge in [-0.1, -0.05) is 121 Å². The molecular formula is C50H36N4O. The van der Waals surface area contributed by atoms with Crippen molar-refractivity contribution in [2.45, 2.75) is 0 Å². The summed E-state index contributed by atoms with van der Waals surface area (Å²) in [6.07, 6.45) is 7.20. The van der Waals surface area contributed by atoms with Crippen LogP contribution in [0.25, 0.3) is 67.2 Å². The first-order chi connectivity index (χ1) is 27.2. The molecule has 0 aliphatic rings. The summed E-state index contributed by atoms with van der Waals surface area (Å²) in [4.78, 5) is 8.68. The third kappa shape index (κ3) is 7.41. The van der Waals surface area contributed by atoms with Crippen LogP contribution in [0.1, 0.15) is 0 Å². The van der Waals surface area contributed by atoms with Crippen LogP contribution in [0.3, 0.4) is 0 Å². The summed E-state index contributed by atoms with van der Waals surface area (Å²) in [5, 5.41) is 7.22. The molecule has 0 unspecified atom stereocenters. The van der Waals surface area contributed by atoms with Crippen LogP contribution in [-0.2, 0) is 0 Å². The van der Waals surface area contributed by atoms with Crippen molar-refractivity contribution in [1.29, 1.82) is 0 Å². The Morgan fingerprint density at radius 2 is 0.691 bits per heavy atom. The van der Waals surface area contributed by atoms with E-state index in [0.717, 1.165) is 67.7 Å². The maximum absolute atomic E-state index is 6.72. The van der Waals surface area contributed by atoms with Gasteiger partial charge < -0.3 is 15.1 Å². The van der Waals surface area contributed by atoms with E-state index in [1.54, 1.807) is 12.4 Å². The molecule has 2 N–H and O–H groups in total. The molecule has 5 nitrogen and oxygen atoms in total. The smallest absolute Gasteiger partial charge is 0.136 e. The first-order valence-electron chi connectivity index (χ1n) is 18.3. The zero-order valence-corrected chi connectivity index (χ0v) is 29.9. The number of rotatable bonds is 10. The second kappa shape index (κ2) is 15.2. The molecule has 0 bridgehead atoms. The lowest BCUT2D eigenvalue weighted by atomic mass is 9.98. The maximum Gasteiger partial charge on any atom is 0.136 e. The zero-order chi connectivity index (χ0) is 36.8. The minimum atomic E-state index is 0.750. The molecule has 262 valence electrons. The Morgan fingerprint density at radius 1 is 0.327 bits per heavy atom. The monoisotopic (exact) mass is 708 g/mol. The van der Waals surface area contributed by atoms with Gasteiger partial charge in [-0.05, 0) is 105 Å². The van der Waals surface area contributed by atoms with Crippen LogP contribution in [0.2, 0.25) is 0 Å². The predicted molar refractivity (Wildman–Crippen MR) is 226 cm³/mol. The molecule has 55 heavy (non-hydrogen) atoms. The summed E-state index contributed by atoms with van der Waals surface area (Å²) in [5.74, 6) is 1.50. The molecule has 0 atom stereocenters. The minimum Gasteiger partial charge on any atom is -0.456 e. The fraction of sp³-hybridized carbons (Fsp3) is 0. The summed E-state index contributed by atoms with van der Waals surface area (Å²) >= 11 is 0. The molecule has 5 heteroatoms. The number of aromatic nitrogens is 2. The molecule has 6 aromatic carbocycles. The number of benzene rings is 6. The molecule has 0 saturated heterocycles. The van der Waals surface area contributed by atoms with Crippen molar-refractivity contribution in [2.24, 2.45) is 0 Å². The maximum atomic E-state index is 6.72. The van der Waals surface area contributed by atoms with Crippen LogP contribution in [-0.4, -0.2) is 9.97 Å². The first-order valence-corrected chi connectivity index (χ1v) is 18.3. The van der Waals surface area contributed by atoms with Crippen LogP contribution in [0.5, 0.6) is 0 Å². The van der Waals surface area contributed by atoms with Gasteiger partial charge in [0, 0.05) is 23.5 Å². The van der Waals surface area contributed by atoms with E-state index in [1.807, 2.05) is 60.9 Å². The summed E-state index contributed by atoms with van der Waals surface area (Å²) in [6, 6.07) is 63.1. The van der Waals surface area contributed by atoms with E-state index >= 15 is 0 Å². The molecule has 0 fully saturated rings. The third-order valence-corrected chi connectivity index (χ3v) is 9.71. The Bertz CT molecular complexity index is 2470. The number of nitrogens with zero attached hydrogens (tertiary/aromatic N) is 2. The van der Waals surface area contributed by atoms with Gasteiger partial charge in [-0.2, -0.15) is 0 Å². The Labute approximate surface area is 320 Å². The third-order valence-electron chi connectivity index (χ3n) is 9.71. The van der Waals surface area contributed by atoms with Crippen molar-refractivity contribution in [3.05, 3.63) is 207 Å². The fourth-order valence-electron chi connectivity index (χ4n) is 6.87. The van der Waals surface area contributed by atoms with Gasteiger partial charge >= 0.3 is 0 Å². The zero-order valence-electron chi connectivity index (χ0n) is 29.9. The van der Waals surface area contributed by atoms with Crippen LogP contribution in [0, 0.1) is 0 Å². The number of anilines is 4. The Morgan fingerprint density at radius 3 is 1.07 bits per heavy atom. The average Bonchev–Trinajstić information content (AvgIpc) is 3.75. The lowest BCUT2D eigenvalue weighted by Gasteiger charge is -2.14.